The van der Waals surface area contributed by atoms with Gasteiger partial charge in [-0.25, -0.2) is 0 Å². The molecular formula is C15H18N2OS. The molecular weight excluding hydrogens is 256 g/mol. The highest BCUT2D eigenvalue weighted by molar-refractivity contribution is 7.80. The van der Waals surface area contributed by atoms with Crippen LogP contribution < -0.4 is 5.73 Å². The van der Waals surface area contributed by atoms with E-state index < -0.39 is 0 Å². The van der Waals surface area contributed by atoms with Crippen LogP contribution in [0.2, 0.25) is 0 Å². The number of benzene rings is 1. The van der Waals surface area contributed by atoms with Crippen LogP contribution >= 0.6 is 12.2 Å². The number of thiocarbonyl (C=S) groups is 1. The van der Waals surface area contributed by atoms with Crippen LogP contribution in [-0.4, -0.2) is 22.3 Å². The Hall–Kier alpha value is -1.39. The van der Waals surface area contributed by atoms with E-state index in [-0.39, 0.29) is 0 Å². The number of aromatic nitrogens is 1. The maximum absolute atomic E-state index is 5.67. The van der Waals surface area contributed by atoms with Crippen molar-refractivity contribution in [3.05, 3.63) is 36.0 Å². The molecule has 0 radical (unpaired) electrons. The van der Waals surface area contributed by atoms with Crippen molar-refractivity contribution < 1.29 is 4.74 Å². The lowest BCUT2D eigenvalue weighted by Gasteiger charge is -2.11. The van der Waals surface area contributed by atoms with E-state index in [4.69, 9.17) is 22.7 Å². The van der Waals surface area contributed by atoms with Gasteiger partial charge < -0.3 is 15.0 Å². The van der Waals surface area contributed by atoms with Crippen LogP contribution in [0.3, 0.4) is 0 Å². The van der Waals surface area contributed by atoms with Gasteiger partial charge in [0.25, 0.3) is 0 Å². The summed E-state index contributed by atoms with van der Waals surface area (Å²) < 4.78 is 7.95. The molecule has 0 saturated carbocycles. The highest BCUT2D eigenvalue weighted by Gasteiger charge is 2.15. The second-order valence-electron chi connectivity index (χ2n) is 5.07. The Labute approximate surface area is 118 Å². The van der Waals surface area contributed by atoms with Crippen molar-refractivity contribution in [1.82, 2.24) is 4.57 Å². The molecule has 0 amide bonds. The SMILES string of the molecule is NC(=S)c1ccc2c(ccn2CCC2CCCO2)c1. The fourth-order valence-corrected chi connectivity index (χ4v) is 2.83. The molecule has 1 aliphatic rings. The molecule has 0 spiro atoms. The van der Waals surface area contributed by atoms with E-state index in [1.807, 2.05) is 6.07 Å². The van der Waals surface area contributed by atoms with Crippen LogP contribution in [0, 0.1) is 0 Å². The first-order valence-electron chi connectivity index (χ1n) is 6.74. The van der Waals surface area contributed by atoms with E-state index in [2.05, 4.69) is 29.0 Å². The van der Waals surface area contributed by atoms with Gasteiger partial charge in [0.2, 0.25) is 0 Å². The van der Waals surface area contributed by atoms with Crippen molar-refractivity contribution in [2.45, 2.75) is 31.9 Å². The van der Waals surface area contributed by atoms with Gasteiger partial charge in [0, 0.05) is 35.8 Å². The molecule has 0 aliphatic carbocycles. The topological polar surface area (TPSA) is 40.2 Å². The van der Waals surface area contributed by atoms with Crippen LogP contribution in [-0.2, 0) is 11.3 Å². The summed E-state index contributed by atoms with van der Waals surface area (Å²) in [5.74, 6) is 0. The first-order valence-corrected chi connectivity index (χ1v) is 7.15. The molecule has 3 nitrogen and oxygen atoms in total. The molecule has 1 aromatic carbocycles. The predicted octanol–water partition coefficient (Wildman–Crippen LogP) is 2.84. The molecule has 2 heterocycles. The quantitative estimate of drug-likeness (QED) is 0.872. The zero-order valence-electron chi connectivity index (χ0n) is 10.8. The lowest BCUT2D eigenvalue weighted by molar-refractivity contribution is 0.101. The highest BCUT2D eigenvalue weighted by atomic mass is 32.1. The second kappa shape index (κ2) is 5.31. The van der Waals surface area contributed by atoms with Crippen molar-refractivity contribution in [2.24, 2.45) is 5.73 Å². The van der Waals surface area contributed by atoms with Crippen molar-refractivity contribution in [3.8, 4) is 0 Å². The van der Waals surface area contributed by atoms with Crippen molar-refractivity contribution in [1.29, 1.82) is 0 Å². The standard InChI is InChI=1S/C15H18N2OS/c16-15(19)12-3-4-14-11(10-12)5-7-17(14)8-6-13-2-1-9-18-13/h3-5,7,10,13H,1-2,6,8-9H2,(H2,16,19). The van der Waals surface area contributed by atoms with E-state index in [1.165, 1.54) is 23.7 Å². The Bertz CT molecular complexity index is 599. The number of ether oxygens (including phenoxy) is 1. The summed E-state index contributed by atoms with van der Waals surface area (Å²) in [4.78, 5) is 0.453. The van der Waals surface area contributed by atoms with E-state index in [9.17, 15) is 0 Å². The summed E-state index contributed by atoms with van der Waals surface area (Å²) in [5.41, 5.74) is 7.83. The maximum atomic E-state index is 5.67. The van der Waals surface area contributed by atoms with Crippen LogP contribution in [0.4, 0.5) is 0 Å². The third kappa shape index (κ3) is 2.65. The van der Waals surface area contributed by atoms with Crippen molar-refractivity contribution >= 4 is 28.1 Å². The summed E-state index contributed by atoms with van der Waals surface area (Å²) >= 11 is 5.01. The Kier molecular flexibility index (Phi) is 3.53. The molecule has 0 bridgehead atoms. The first-order chi connectivity index (χ1) is 9.24. The summed E-state index contributed by atoms with van der Waals surface area (Å²) in [6.45, 7) is 1.93. The normalized spacial score (nSPS) is 19.1. The Morgan fingerprint density at radius 1 is 1.42 bits per heavy atom. The highest BCUT2D eigenvalue weighted by Crippen LogP contribution is 2.21. The Morgan fingerprint density at radius 2 is 2.32 bits per heavy atom. The van der Waals surface area contributed by atoms with Gasteiger partial charge in [0.1, 0.15) is 4.99 Å². The van der Waals surface area contributed by atoms with Gasteiger partial charge in [-0.3, -0.25) is 0 Å². The number of nitrogens with two attached hydrogens (primary N) is 1. The fraction of sp³-hybridized carbons (Fsp3) is 0.400. The van der Waals surface area contributed by atoms with Gasteiger partial charge in [-0.15, -0.1) is 0 Å². The number of hydrogen-bond acceptors (Lipinski definition) is 2. The minimum Gasteiger partial charge on any atom is -0.389 e. The fourth-order valence-electron chi connectivity index (χ4n) is 2.70. The number of fused-ring (bicyclic) bond motifs is 1. The number of rotatable bonds is 4. The average Bonchev–Trinajstić information content (AvgIpc) is 3.05. The molecule has 1 aliphatic heterocycles. The number of nitrogens with zero attached hydrogens (tertiary/aromatic N) is 1. The largest absolute Gasteiger partial charge is 0.389 e. The van der Waals surface area contributed by atoms with Crippen LogP contribution in [0.15, 0.2) is 30.5 Å². The zero-order valence-corrected chi connectivity index (χ0v) is 11.7. The average molecular weight is 274 g/mol. The second-order valence-corrected chi connectivity index (χ2v) is 5.51. The third-order valence-electron chi connectivity index (χ3n) is 3.77. The van der Waals surface area contributed by atoms with Gasteiger partial charge in [-0.05, 0) is 43.5 Å². The molecule has 2 N–H and O–H groups in total. The summed E-state index contributed by atoms with van der Waals surface area (Å²) in [6.07, 6.45) is 6.05. The molecule has 1 fully saturated rings. The molecule has 1 unspecified atom stereocenters. The molecule has 19 heavy (non-hydrogen) atoms. The monoisotopic (exact) mass is 274 g/mol. The van der Waals surface area contributed by atoms with Crippen molar-refractivity contribution in [2.75, 3.05) is 6.61 Å². The molecule has 1 atom stereocenters. The summed E-state index contributed by atoms with van der Waals surface area (Å²) in [7, 11) is 0. The van der Waals surface area contributed by atoms with Crippen LogP contribution in [0.5, 0.6) is 0 Å². The van der Waals surface area contributed by atoms with Gasteiger partial charge in [0.15, 0.2) is 0 Å². The van der Waals surface area contributed by atoms with Crippen molar-refractivity contribution in [3.63, 3.8) is 0 Å². The van der Waals surface area contributed by atoms with E-state index in [1.54, 1.807) is 0 Å². The van der Waals surface area contributed by atoms with Gasteiger partial charge in [0.05, 0.1) is 6.10 Å². The van der Waals surface area contributed by atoms with Gasteiger partial charge >= 0.3 is 0 Å². The third-order valence-corrected chi connectivity index (χ3v) is 4.01. The predicted molar refractivity (Wildman–Crippen MR) is 81.4 cm³/mol. The lowest BCUT2D eigenvalue weighted by Crippen LogP contribution is -2.10. The molecule has 3 rings (SSSR count). The van der Waals surface area contributed by atoms with Gasteiger partial charge in [-0.2, -0.15) is 0 Å². The molecule has 2 aromatic rings. The number of hydrogen-bond donors (Lipinski definition) is 1. The Balaban J connectivity index is 1.78. The minimum absolute atomic E-state index is 0.438. The molecule has 1 aromatic heterocycles. The van der Waals surface area contributed by atoms with Crippen LogP contribution in [0.1, 0.15) is 24.8 Å². The van der Waals surface area contributed by atoms with Crippen LogP contribution in [0.25, 0.3) is 10.9 Å². The van der Waals surface area contributed by atoms with E-state index in [0.717, 1.165) is 25.1 Å². The molecule has 1 saturated heterocycles. The lowest BCUT2D eigenvalue weighted by atomic mass is 10.1. The Morgan fingerprint density at radius 3 is 3.05 bits per heavy atom. The smallest absolute Gasteiger partial charge is 0.104 e. The molecule has 100 valence electrons. The first kappa shape index (κ1) is 12.6. The summed E-state index contributed by atoms with van der Waals surface area (Å²) in [6, 6.07) is 8.26. The number of aryl methyl sites for hydroxylation is 1. The summed E-state index contributed by atoms with van der Waals surface area (Å²) in [5, 5.41) is 1.19. The van der Waals surface area contributed by atoms with E-state index >= 15 is 0 Å². The van der Waals surface area contributed by atoms with Gasteiger partial charge in [-0.1, -0.05) is 12.2 Å². The molecule has 4 heteroatoms. The zero-order chi connectivity index (χ0) is 13.2. The maximum Gasteiger partial charge on any atom is 0.104 e. The minimum atomic E-state index is 0.438. The van der Waals surface area contributed by atoms with E-state index in [0.29, 0.717) is 11.1 Å².